The van der Waals surface area contributed by atoms with Gasteiger partial charge in [-0.25, -0.2) is 4.99 Å². The maximum atomic E-state index is 12.3. The summed E-state index contributed by atoms with van der Waals surface area (Å²) in [6, 6.07) is 14.3. The van der Waals surface area contributed by atoms with Crippen molar-refractivity contribution in [3.05, 3.63) is 65.2 Å². The standard InChI is InChI=1S/C20H21N3O3/c1-3-26-16-10-8-14(9-11-16)17-12-18(24)22-20(21-17)23-19(25)15-6-4-13(2)5-7-15/h4-11,17H,3,12H2,1-2H3,(H2,21,22,23,24,25)/t17-/m0/s1. The summed E-state index contributed by atoms with van der Waals surface area (Å²) in [5.74, 6) is 0.452. The number of carbonyl (C=O) groups is 2. The third kappa shape index (κ3) is 4.27. The molecule has 6 heteroatoms. The Hall–Kier alpha value is -3.15. The van der Waals surface area contributed by atoms with Gasteiger partial charge in [0.15, 0.2) is 0 Å². The summed E-state index contributed by atoms with van der Waals surface area (Å²) in [5, 5.41) is 5.29. The number of guanidine groups is 1. The Bertz CT molecular complexity index is 826. The van der Waals surface area contributed by atoms with Gasteiger partial charge in [-0.2, -0.15) is 0 Å². The fourth-order valence-corrected chi connectivity index (χ4v) is 2.69. The number of hydrogen-bond acceptors (Lipinski definition) is 4. The highest BCUT2D eigenvalue weighted by Crippen LogP contribution is 2.25. The molecule has 26 heavy (non-hydrogen) atoms. The Morgan fingerprint density at radius 1 is 1.19 bits per heavy atom. The molecule has 0 aliphatic carbocycles. The Morgan fingerprint density at radius 2 is 1.88 bits per heavy atom. The average Bonchev–Trinajstić information content (AvgIpc) is 2.62. The number of nitrogens with one attached hydrogen (secondary N) is 2. The predicted molar refractivity (Wildman–Crippen MR) is 99.2 cm³/mol. The molecule has 1 atom stereocenters. The summed E-state index contributed by atoms with van der Waals surface area (Å²) < 4.78 is 5.43. The molecule has 0 radical (unpaired) electrons. The molecular formula is C20H21N3O3. The second kappa shape index (κ2) is 7.82. The van der Waals surface area contributed by atoms with E-state index in [1.54, 1.807) is 12.1 Å². The topological polar surface area (TPSA) is 79.8 Å². The Kier molecular flexibility index (Phi) is 5.31. The van der Waals surface area contributed by atoms with Crippen molar-refractivity contribution in [1.29, 1.82) is 0 Å². The van der Waals surface area contributed by atoms with E-state index < -0.39 is 0 Å². The lowest BCUT2D eigenvalue weighted by Crippen LogP contribution is -2.47. The Morgan fingerprint density at radius 3 is 2.54 bits per heavy atom. The van der Waals surface area contributed by atoms with Gasteiger partial charge in [0.2, 0.25) is 11.9 Å². The van der Waals surface area contributed by atoms with Gasteiger partial charge >= 0.3 is 0 Å². The van der Waals surface area contributed by atoms with E-state index >= 15 is 0 Å². The molecule has 2 aromatic carbocycles. The first kappa shape index (κ1) is 17.7. The van der Waals surface area contributed by atoms with Crippen LogP contribution in [0.1, 0.15) is 40.9 Å². The zero-order valence-electron chi connectivity index (χ0n) is 14.8. The molecule has 2 aromatic rings. The van der Waals surface area contributed by atoms with E-state index in [4.69, 9.17) is 4.74 Å². The fraction of sp³-hybridized carbons (Fsp3) is 0.250. The van der Waals surface area contributed by atoms with Gasteiger partial charge < -0.3 is 4.74 Å². The van der Waals surface area contributed by atoms with E-state index in [0.29, 0.717) is 12.2 Å². The second-order valence-electron chi connectivity index (χ2n) is 6.07. The van der Waals surface area contributed by atoms with Gasteiger partial charge in [0, 0.05) is 5.56 Å². The normalized spacial score (nSPS) is 16.5. The third-order valence-corrected chi connectivity index (χ3v) is 4.04. The van der Waals surface area contributed by atoms with Gasteiger partial charge in [0.25, 0.3) is 5.91 Å². The zero-order valence-corrected chi connectivity index (χ0v) is 14.8. The van der Waals surface area contributed by atoms with Crippen molar-refractivity contribution in [1.82, 2.24) is 10.6 Å². The number of aryl methyl sites for hydroxylation is 1. The van der Waals surface area contributed by atoms with Gasteiger partial charge in [-0.1, -0.05) is 29.8 Å². The van der Waals surface area contributed by atoms with Crippen molar-refractivity contribution >= 4 is 17.8 Å². The number of hydrogen-bond donors (Lipinski definition) is 2. The molecule has 1 heterocycles. The summed E-state index contributed by atoms with van der Waals surface area (Å²) in [7, 11) is 0. The van der Waals surface area contributed by atoms with Crippen molar-refractivity contribution in [3.63, 3.8) is 0 Å². The minimum absolute atomic E-state index is 0.172. The summed E-state index contributed by atoms with van der Waals surface area (Å²) in [6.07, 6.45) is 0.234. The summed E-state index contributed by atoms with van der Waals surface area (Å²) >= 11 is 0. The van der Waals surface area contributed by atoms with E-state index in [-0.39, 0.29) is 30.2 Å². The van der Waals surface area contributed by atoms with Crippen LogP contribution in [0, 0.1) is 6.92 Å². The summed E-state index contributed by atoms with van der Waals surface area (Å²) in [4.78, 5) is 28.8. The lowest BCUT2D eigenvalue weighted by atomic mass is 10.0. The number of amides is 2. The van der Waals surface area contributed by atoms with E-state index in [1.165, 1.54) is 0 Å². The molecule has 0 fully saturated rings. The van der Waals surface area contributed by atoms with Crippen LogP contribution >= 0.6 is 0 Å². The molecule has 2 amide bonds. The Labute approximate surface area is 152 Å². The van der Waals surface area contributed by atoms with E-state index in [9.17, 15) is 9.59 Å². The molecule has 0 saturated heterocycles. The molecule has 0 unspecified atom stereocenters. The molecule has 134 valence electrons. The van der Waals surface area contributed by atoms with Crippen LogP contribution in [-0.2, 0) is 4.79 Å². The van der Waals surface area contributed by atoms with Gasteiger partial charge in [0.1, 0.15) is 5.75 Å². The number of carbonyl (C=O) groups excluding carboxylic acids is 2. The number of nitrogens with zero attached hydrogens (tertiary/aromatic N) is 1. The van der Waals surface area contributed by atoms with Crippen LogP contribution in [0.2, 0.25) is 0 Å². The van der Waals surface area contributed by atoms with Crippen LogP contribution in [0.4, 0.5) is 0 Å². The van der Waals surface area contributed by atoms with Gasteiger partial charge in [-0.15, -0.1) is 0 Å². The van der Waals surface area contributed by atoms with Crippen LogP contribution in [0.3, 0.4) is 0 Å². The lowest BCUT2D eigenvalue weighted by molar-refractivity contribution is -0.120. The van der Waals surface area contributed by atoms with Crippen molar-refractivity contribution in [3.8, 4) is 5.75 Å². The van der Waals surface area contributed by atoms with Crippen molar-refractivity contribution in [2.45, 2.75) is 26.3 Å². The minimum Gasteiger partial charge on any atom is -0.494 e. The van der Waals surface area contributed by atoms with Crippen LogP contribution < -0.4 is 15.4 Å². The largest absolute Gasteiger partial charge is 0.494 e. The SMILES string of the molecule is CCOc1ccc([C@@H]2CC(=O)NC(NC(=O)c3ccc(C)cc3)=N2)cc1. The quantitative estimate of drug-likeness (QED) is 0.889. The molecular weight excluding hydrogens is 330 g/mol. The van der Waals surface area contributed by atoms with E-state index in [2.05, 4.69) is 15.6 Å². The molecule has 0 spiro atoms. The van der Waals surface area contributed by atoms with Gasteiger partial charge in [-0.3, -0.25) is 20.2 Å². The van der Waals surface area contributed by atoms with Crippen molar-refractivity contribution in [2.24, 2.45) is 4.99 Å². The molecule has 2 N–H and O–H groups in total. The lowest BCUT2D eigenvalue weighted by Gasteiger charge is -2.21. The monoisotopic (exact) mass is 351 g/mol. The predicted octanol–water partition coefficient (Wildman–Crippen LogP) is 2.74. The molecule has 0 bridgehead atoms. The average molecular weight is 351 g/mol. The Balaban J connectivity index is 1.75. The van der Waals surface area contributed by atoms with Crippen molar-refractivity contribution in [2.75, 3.05) is 6.61 Å². The van der Waals surface area contributed by atoms with Crippen LogP contribution in [-0.4, -0.2) is 24.4 Å². The molecule has 3 rings (SSSR count). The summed E-state index contributed by atoms with van der Waals surface area (Å²) in [6.45, 7) is 4.47. The first-order valence-electron chi connectivity index (χ1n) is 8.53. The maximum Gasteiger partial charge on any atom is 0.257 e. The first-order chi connectivity index (χ1) is 12.5. The number of benzene rings is 2. The molecule has 1 aliphatic rings. The van der Waals surface area contributed by atoms with E-state index in [0.717, 1.165) is 16.9 Å². The van der Waals surface area contributed by atoms with Crippen LogP contribution in [0.25, 0.3) is 0 Å². The third-order valence-electron chi connectivity index (χ3n) is 4.04. The zero-order chi connectivity index (χ0) is 18.5. The second-order valence-corrected chi connectivity index (χ2v) is 6.07. The van der Waals surface area contributed by atoms with E-state index in [1.807, 2.05) is 50.2 Å². The number of ether oxygens (including phenoxy) is 1. The van der Waals surface area contributed by atoms with Gasteiger partial charge in [0.05, 0.1) is 19.1 Å². The van der Waals surface area contributed by atoms with Crippen molar-refractivity contribution < 1.29 is 14.3 Å². The molecule has 0 saturated carbocycles. The van der Waals surface area contributed by atoms with Crippen LogP contribution in [0.5, 0.6) is 5.75 Å². The highest BCUT2D eigenvalue weighted by atomic mass is 16.5. The maximum absolute atomic E-state index is 12.3. The fourth-order valence-electron chi connectivity index (χ4n) is 2.69. The number of rotatable bonds is 4. The summed E-state index contributed by atoms with van der Waals surface area (Å²) in [5.41, 5.74) is 2.47. The highest BCUT2D eigenvalue weighted by molar-refractivity contribution is 6.10. The van der Waals surface area contributed by atoms with Crippen LogP contribution in [0.15, 0.2) is 53.5 Å². The number of aliphatic imine (C=N–C) groups is 1. The first-order valence-corrected chi connectivity index (χ1v) is 8.53. The minimum atomic E-state index is -0.340. The highest BCUT2D eigenvalue weighted by Gasteiger charge is 2.23. The molecule has 6 nitrogen and oxygen atoms in total. The molecule has 1 aliphatic heterocycles. The smallest absolute Gasteiger partial charge is 0.257 e. The van der Waals surface area contributed by atoms with Gasteiger partial charge in [-0.05, 0) is 43.7 Å². The molecule has 0 aromatic heterocycles.